The summed E-state index contributed by atoms with van der Waals surface area (Å²) in [6, 6.07) is 0. The molecule has 0 aromatic carbocycles. The van der Waals surface area contributed by atoms with Crippen molar-refractivity contribution in [3.05, 3.63) is 0 Å². The fourth-order valence-corrected chi connectivity index (χ4v) is 6.62. The van der Waals surface area contributed by atoms with Gasteiger partial charge in [-0.15, -0.1) is 0 Å². The summed E-state index contributed by atoms with van der Waals surface area (Å²) in [7, 11) is 4.32. The molecule has 0 aliphatic rings. The van der Waals surface area contributed by atoms with Crippen LogP contribution in [0.5, 0.6) is 0 Å². The Morgan fingerprint density at radius 1 is 0.750 bits per heavy atom. The first-order chi connectivity index (χ1) is 5.07. The number of hydrogen-bond acceptors (Lipinski definition) is 1. The van der Waals surface area contributed by atoms with E-state index in [-0.39, 0.29) is 8.07 Å². The van der Waals surface area contributed by atoms with E-state index in [1.807, 2.05) is 0 Å². The van der Waals surface area contributed by atoms with Gasteiger partial charge in [-0.3, -0.25) is 4.67 Å². The van der Waals surface area contributed by atoms with E-state index in [9.17, 15) is 0 Å². The van der Waals surface area contributed by atoms with E-state index in [1.54, 1.807) is 0 Å². The van der Waals surface area contributed by atoms with Crippen LogP contribution in [-0.2, 0) is 0 Å². The van der Waals surface area contributed by atoms with Crippen LogP contribution in [0.2, 0.25) is 0 Å². The van der Waals surface area contributed by atoms with E-state index >= 15 is 0 Å². The zero-order valence-corrected chi connectivity index (χ0v) is 10.8. The molecule has 74 valence electrons. The Balaban J connectivity index is 4.70. The number of rotatable bonds is 1. The van der Waals surface area contributed by atoms with Crippen LogP contribution in [0.1, 0.15) is 41.5 Å². The predicted octanol–water partition coefficient (Wildman–Crippen LogP) is 3.54. The van der Waals surface area contributed by atoms with Crippen molar-refractivity contribution in [3.8, 4) is 0 Å². The van der Waals surface area contributed by atoms with Gasteiger partial charge in [0.1, 0.15) is 0 Å². The van der Waals surface area contributed by atoms with Gasteiger partial charge in [-0.05, 0) is 32.5 Å². The Labute approximate surface area is 79.3 Å². The summed E-state index contributed by atoms with van der Waals surface area (Å²) in [5.41, 5.74) is 0. The molecule has 0 fully saturated rings. The Hall–Kier alpha value is 0.390. The van der Waals surface area contributed by atoms with Crippen LogP contribution in [0, 0.1) is 0 Å². The molecule has 0 amide bonds. The average molecular weight is 189 g/mol. The fraction of sp³-hybridized carbons (Fsp3) is 1.00. The van der Waals surface area contributed by atoms with E-state index in [4.69, 9.17) is 0 Å². The molecular weight excluding hydrogens is 165 g/mol. The van der Waals surface area contributed by atoms with Gasteiger partial charge in [0.25, 0.3) is 0 Å². The maximum atomic E-state index is 2.40. The molecule has 0 aliphatic heterocycles. The average Bonchev–Trinajstić information content (AvgIpc) is 1.49. The molecule has 0 spiro atoms. The van der Waals surface area contributed by atoms with E-state index < -0.39 is 0 Å². The largest absolute Gasteiger partial charge is 0.287 e. The standard InChI is InChI=1S/C10H24NP/c1-9(2,3)12(11(7)8)10(4,5)6/h1-8H3. The number of nitrogens with zero attached hydrogens (tertiary/aromatic N) is 1. The van der Waals surface area contributed by atoms with Gasteiger partial charge in [-0.2, -0.15) is 0 Å². The topological polar surface area (TPSA) is 3.24 Å². The minimum atomic E-state index is -0.0684. The first-order valence-electron chi connectivity index (χ1n) is 4.54. The first kappa shape index (κ1) is 12.4. The van der Waals surface area contributed by atoms with Gasteiger partial charge < -0.3 is 0 Å². The molecule has 1 nitrogen and oxygen atoms in total. The summed E-state index contributed by atoms with van der Waals surface area (Å²) in [6.45, 7) is 14.0. The van der Waals surface area contributed by atoms with Crippen molar-refractivity contribution in [1.29, 1.82) is 0 Å². The van der Waals surface area contributed by atoms with Crippen LogP contribution >= 0.6 is 8.07 Å². The van der Waals surface area contributed by atoms with Crippen LogP contribution < -0.4 is 0 Å². The lowest BCUT2D eigenvalue weighted by atomic mass is 10.2. The van der Waals surface area contributed by atoms with Gasteiger partial charge >= 0.3 is 0 Å². The molecule has 0 bridgehead atoms. The third-order valence-corrected chi connectivity index (χ3v) is 5.01. The van der Waals surface area contributed by atoms with Crippen LogP contribution in [-0.4, -0.2) is 29.1 Å². The molecule has 0 saturated heterocycles. The molecule has 0 atom stereocenters. The Morgan fingerprint density at radius 3 is 1.00 bits per heavy atom. The van der Waals surface area contributed by atoms with Crippen LogP contribution in [0.3, 0.4) is 0 Å². The van der Waals surface area contributed by atoms with Crippen molar-refractivity contribution in [1.82, 2.24) is 4.67 Å². The summed E-state index contributed by atoms with van der Waals surface area (Å²) >= 11 is 0. The minimum Gasteiger partial charge on any atom is -0.287 e. The lowest BCUT2D eigenvalue weighted by Crippen LogP contribution is -2.32. The molecule has 0 unspecified atom stereocenters. The minimum absolute atomic E-state index is 0.0684. The zero-order chi connectivity index (χ0) is 10.2. The maximum absolute atomic E-state index is 2.40. The molecule has 0 radical (unpaired) electrons. The number of hydrogen-bond donors (Lipinski definition) is 0. The Morgan fingerprint density at radius 2 is 1.00 bits per heavy atom. The van der Waals surface area contributed by atoms with Crippen LogP contribution in [0.25, 0.3) is 0 Å². The molecule has 0 heterocycles. The molecule has 0 rings (SSSR count). The van der Waals surface area contributed by atoms with Gasteiger partial charge in [0.15, 0.2) is 0 Å². The highest BCUT2D eigenvalue weighted by Gasteiger charge is 2.35. The molecule has 0 saturated carbocycles. The quantitative estimate of drug-likeness (QED) is 0.570. The highest BCUT2D eigenvalue weighted by molar-refractivity contribution is 7.58. The lowest BCUT2D eigenvalue weighted by molar-refractivity contribution is 0.581. The van der Waals surface area contributed by atoms with Crippen molar-refractivity contribution in [3.63, 3.8) is 0 Å². The van der Waals surface area contributed by atoms with E-state index in [0.717, 1.165) is 0 Å². The van der Waals surface area contributed by atoms with Crippen molar-refractivity contribution in [2.45, 2.75) is 51.9 Å². The van der Waals surface area contributed by atoms with Crippen molar-refractivity contribution in [2.24, 2.45) is 0 Å². The second-order valence-corrected chi connectivity index (χ2v) is 9.61. The predicted molar refractivity (Wildman–Crippen MR) is 60.1 cm³/mol. The second-order valence-electron chi connectivity index (χ2n) is 5.50. The van der Waals surface area contributed by atoms with E-state index in [2.05, 4.69) is 60.3 Å². The maximum Gasteiger partial charge on any atom is -0.00424 e. The lowest BCUT2D eigenvalue weighted by Gasteiger charge is -2.45. The molecule has 0 N–H and O–H groups in total. The first-order valence-corrected chi connectivity index (χ1v) is 5.84. The highest BCUT2D eigenvalue weighted by Crippen LogP contribution is 2.60. The van der Waals surface area contributed by atoms with Crippen molar-refractivity contribution in [2.75, 3.05) is 14.1 Å². The molecule has 0 aromatic rings. The molecule has 0 aromatic heterocycles. The van der Waals surface area contributed by atoms with Gasteiger partial charge in [0.05, 0.1) is 0 Å². The summed E-state index contributed by atoms with van der Waals surface area (Å²) in [5, 5.41) is 0.828. The molecular formula is C10H24NP. The molecule has 12 heavy (non-hydrogen) atoms. The van der Waals surface area contributed by atoms with Crippen LogP contribution in [0.15, 0.2) is 0 Å². The summed E-state index contributed by atoms with van der Waals surface area (Å²) < 4.78 is 2.40. The van der Waals surface area contributed by atoms with Gasteiger partial charge in [0.2, 0.25) is 0 Å². The van der Waals surface area contributed by atoms with Crippen molar-refractivity contribution >= 4 is 8.07 Å². The fourth-order valence-electron chi connectivity index (χ4n) is 2.21. The van der Waals surface area contributed by atoms with Gasteiger partial charge in [0, 0.05) is 0 Å². The molecule has 2 heteroatoms. The third-order valence-electron chi connectivity index (χ3n) is 1.67. The highest BCUT2D eigenvalue weighted by atomic mass is 31.1. The summed E-state index contributed by atoms with van der Waals surface area (Å²) in [6.07, 6.45) is 0. The van der Waals surface area contributed by atoms with E-state index in [0.29, 0.717) is 10.3 Å². The normalized spacial score (nSPS) is 14.5. The Bertz CT molecular complexity index is 125. The molecule has 0 aliphatic carbocycles. The van der Waals surface area contributed by atoms with Crippen LogP contribution in [0.4, 0.5) is 0 Å². The Kier molecular flexibility index (Phi) is 3.75. The SMILES string of the molecule is CN(C)P(C(C)(C)C)C(C)(C)C. The monoisotopic (exact) mass is 189 g/mol. The second kappa shape index (κ2) is 3.64. The van der Waals surface area contributed by atoms with Crippen molar-refractivity contribution < 1.29 is 0 Å². The third kappa shape index (κ3) is 3.41. The zero-order valence-electron chi connectivity index (χ0n) is 9.89. The van der Waals surface area contributed by atoms with Gasteiger partial charge in [-0.1, -0.05) is 41.5 Å². The van der Waals surface area contributed by atoms with Gasteiger partial charge in [-0.25, -0.2) is 0 Å². The summed E-state index contributed by atoms with van der Waals surface area (Å²) in [5.74, 6) is 0. The smallest absolute Gasteiger partial charge is 0.00424 e. The summed E-state index contributed by atoms with van der Waals surface area (Å²) in [4.78, 5) is 0. The van der Waals surface area contributed by atoms with E-state index in [1.165, 1.54) is 0 Å².